The minimum Gasteiger partial charge on any atom is -0.481 e. The number of nitrogen functional groups attached to an aromatic ring is 1. The summed E-state index contributed by atoms with van der Waals surface area (Å²) in [5.74, 6) is 0.932. The summed E-state index contributed by atoms with van der Waals surface area (Å²) in [7, 11) is 3.50. The van der Waals surface area contributed by atoms with Crippen LogP contribution in [0.5, 0.6) is 5.88 Å². The average molecular weight is 252 g/mol. The van der Waals surface area contributed by atoms with Gasteiger partial charge in [-0.1, -0.05) is 6.92 Å². The van der Waals surface area contributed by atoms with E-state index in [-0.39, 0.29) is 5.92 Å². The Hall–Kier alpha value is -1.56. The van der Waals surface area contributed by atoms with Gasteiger partial charge in [0, 0.05) is 23.9 Å². The van der Waals surface area contributed by atoms with Crippen LogP contribution in [0.1, 0.15) is 29.1 Å². The fraction of sp³-hybridized carbons (Fsp3) is 0.455. The van der Waals surface area contributed by atoms with E-state index in [1.807, 2.05) is 20.0 Å². The largest absolute Gasteiger partial charge is 0.481 e. The molecule has 0 aliphatic carbocycles. The first-order valence-electron chi connectivity index (χ1n) is 5.33. The third kappa shape index (κ3) is 2.12. The Morgan fingerprint density at radius 3 is 2.71 bits per heavy atom. The smallest absolute Gasteiger partial charge is 0.211 e. The molecule has 2 rings (SSSR count). The maximum atomic E-state index is 5.71. The first-order valence-corrected chi connectivity index (χ1v) is 6.15. The van der Waals surface area contributed by atoms with E-state index in [0.29, 0.717) is 5.13 Å². The predicted molar refractivity (Wildman–Crippen MR) is 68.5 cm³/mol. The molecule has 0 aliphatic heterocycles. The summed E-state index contributed by atoms with van der Waals surface area (Å²) in [4.78, 5) is 5.39. The highest BCUT2D eigenvalue weighted by Gasteiger charge is 2.19. The van der Waals surface area contributed by atoms with Crippen molar-refractivity contribution in [3.05, 3.63) is 22.3 Å². The molecule has 17 heavy (non-hydrogen) atoms. The van der Waals surface area contributed by atoms with E-state index in [0.717, 1.165) is 22.1 Å². The predicted octanol–water partition coefficient (Wildman–Crippen LogP) is 1.93. The molecule has 0 bridgehead atoms. The van der Waals surface area contributed by atoms with E-state index in [4.69, 9.17) is 10.5 Å². The molecule has 6 heteroatoms. The first-order chi connectivity index (χ1) is 8.02. The monoisotopic (exact) mass is 252 g/mol. The summed E-state index contributed by atoms with van der Waals surface area (Å²) in [6, 6.07) is 1.94. The van der Waals surface area contributed by atoms with Crippen molar-refractivity contribution in [3.8, 4) is 5.88 Å². The van der Waals surface area contributed by atoms with Crippen LogP contribution in [-0.2, 0) is 7.05 Å². The van der Waals surface area contributed by atoms with Crippen LogP contribution >= 0.6 is 11.3 Å². The second kappa shape index (κ2) is 4.37. The molecule has 1 atom stereocenters. The van der Waals surface area contributed by atoms with Crippen LogP contribution < -0.4 is 10.5 Å². The molecule has 0 radical (unpaired) electrons. The second-order valence-electron chi connectivity index (χ2n) is 3.96. The lowest BCUT2D eigenvalue weighted by Crippen LogP contribution is -1.99. The van der Waals surface area contributed by atoms with Crippen LogP contribution in [0.15, 0.2) is 6.07 Å². The van der Waals surface area contributed by atoms with E-state index >= 15 is 0 Å². The van der Waals surface area contributed by atoms with E-state index < -0.39 is 0 Å². The Labute approximate surface area is 104 Å². The summed E-state index contributed by atoms with van der Waals surface area (Å²) in [5.41, 5.74) is 7.66. The molecule has 0 aromatic carbocycles. The number of nitrogens with zero attached hydrogens (tertiary/aromatic N) is 3. The quantitative estimate of drug-likeness (QED) is 0.906. The van der Waals surface area contributed by atoms with Crippen LogP contribution in [0.25, 0.3) is 0 Å². The van der Waals surface area contributed by atoms with Gasteiger partial charge in [0.2, 0.25) is 5.88 Å². The van der Waals surface area contributed by atoms with E-state index in [9.17, 15) is 0 Å². The van der Waals surface area contributed by atoms with Gasteiger partial charge in [0.1, 0.15) is 0 Å². The van der Waals surface area contributed by atoms with E-state index in [2.05, 4.69) is 17.0 Å². The lowest BCUT2D eigenvalue weighted by atomic mass is 10.1. The molecule has 2 heterocycles. The zero-order valence-electron chi connectivity index (χ0n) is 10.4. The minimum absolute atomic E-state index is 0.180. The number of rotatable bonds is 3. The lowest BCUT2D eigenvalue weighted by molar-refractivity contribution is 0.373. The number of aromatic nitrogens is 3. The number of anilines is 1. The van der Waals surface area contributed by atoms with Gasteiger partial charge in [-0.05, 0) is 6.92 Å². The van der Waals surface area contributed by atoms with Gasteiger partial charge in [-0.15, -0.1) is 11.3 Å². The maximum Gasteiger partial charge on any atom is 0.211 e. The van der Waals surface area contributed by atoms with Crippen molar-refractivity contribution in [3.63, 3.8) is 0 Å². The number of hydrogen-bond donors (Lipinski definition) is 1. The Bertz CT molecular complexity index is 532. The van der Waals surface area contributed by atoms with Gasteiger partial charge in [-0.3, -0.25) is 0 Å². The number of nitrogens with two attached hydrogens (primary N) is 1. The van der Waals surface area contributed by atoms with Crippen LogP contribution in [0.4, 0.5) is 5.13 Å². The molecule has 0 saturated carbocycles. The lowest BCUT2D eigenvalue weighted by Gasteiger charge is -2.05. The minimum atomic E-state index is 0.180. The number of hydrogen-bond acceptors (Lipinski definition) is 5. The van der Waals surface area contributed by atoms with Gasteiger partial charge < -0.3 is 10.5 Å². The van der Waals surface area contributed by atoms with Gasteiger partial charge in [0.05, 0.1) is 18.5 Å². The fourth-order valence-corrected chi connectivity index (χ4v) is 2.74. The third-order valence-corrected chi connectivity index (χ3v) is 3.92. The molecule has 92 valence electrons. The molecule has 5 nitrogen and oxygen atoms in total. The summed E-state index contributed by atoms with van der Waals surface area (Å²) in [5, 5.41) is 5.04. The third-order valence-electron chi connectivity index (χ3n) is 2.75. The van der Waals surface area contributed by atoms with Crippen LogP contribution in [0.2, 0.25) is 0 Å². The number of methoxy groups -OCH3 is 1. The van der Waals surface area contributed by atoms with Crippen molar-refractivity contribution in [1.29, 1.82) is 0 Å². The van der Waals surface area contributed by atoms with Crippen LogP contribution in [-0.4, -0.2) is 21.9 Å². The normalized spacial score (nSPS) is 12.7. The van der Waals surface area contributed by atoms with E-state index in [1.165, 1.54) is 11.3 Å². The highest BCUT2D eigenvalue weighted by Crippen LogP contribution is 2.33. The molecular formula is C11H16N4OS. The Kier molecular flexibility index (Phi) is 3.06. The molecule has 0 amide bonds. The van der Waals surface area contributed by atoms with Crippen molar-refractivity contribution < 1.29 is 4.74 Å². The van der Waals surface area contributed by atoms with E-state index in [1.54, 1.807) is 11.8 Å². The van der Waals surface area contributed by atoms with Gasteiger partial charge in [-0.2, -0.15) is 5.10 Å². The molecule has 2 N–H and O–H groups in total. The molecule has 1 unspecified atom stereocenters. The maximum absolute atomic E-state index is 5.71. The number of aryl methyl sites for hydroxylation is 2. The van der Waals surface area contributed by atoms with Gasteiger partial charge in [-0.25, -0.2) is 9.67 Å². The van der Waals surface area contributed by atoms with Crippen molar-refractivity contribution >= 4 is 16.5 Å². The number of ether oxygens (including phenoxy) is 1. The van der Waals surface area contributed by atoms with Gasteiger partial charge in [0.15, 0.2) is 5.13 Å². The Morgan fingerprint density at radius 2 is 2.24 bits per heavy atom. The fourth-order valence-electron chi connectivity index (χ4n) is 1.84. The summed E-state index contributed by atoms with van der Waals surface area (Å²) < 4.78 is 6.94. The first kappa shape index (κ1) is 11.9. The van der Waals surface area contributed by atoms with Crippen molar-refractivity contribution in [2.75, 3.05) is 12.8 Å². The van der Waals surface area contributed by atoms with Crippen LogP contribution in [0.3, 0.4) is 0 Å². The second-order valence-corrected chi connectivity index (χ2v) is 5.02. The van der Waals surface area contributed by atoms with Crippen molar-refractivity contribution in [2.24, 2.45) is 7.05 Å². The Balaban J connectivity index is 2.36. The number of thiazole rings is 1. The molecule has 2 aromatic heterocycles. The zero-order valence-corrected chi connectivity index (χ0v) is 11.2. The summed E-state index contributed by atoms with van der Waals surface area (Å²) >= 11 is 1.52. The molecule has 2 aromatic rings. The van der Waals surface area contributed by atoms with Gasteiger partial charge >= 0.3 is 0 Å². The highest BCUT2D eigenvalue weighted by atomic mass is 32.1. The van der Waals surface area contributed by atoms with Crippen molar-refractivity contribution in [2.45, 2.75) is 19.8 Å². The standard InChI is InChI=1S/C11H16N4OS/c1-6(10-7(2)13-11(12)17-10)8-5-9(16-4)15(3)14-8/h5-6H,1-4H3,(H2,12,13). The SMILES string of the molecule is COc1cc(C(C)c2sc(N)nc2C)nn1C. The molecule has 0 aliphatic rings. The Morgan fingerprint density at radius 1 is 1.53 bits per heavy atom. The molecule has 0 saturated heterocycles. The van der Waals surface area contributed by atoms with Crippen molar-refractivity contribution in [1.82, 2.24) is 14.8 Å². The summed E-state index contributed by atoms with van der Waals surface area (Å²) in [6.45, 7) is 4.07. The summed E-state index contributed by atoms with van der Waals surface area (Å²) in [6.07, 6.45) is 0. The molecule has 0 spiro atoms. The van der Waals surface area contributed by atoms with Crippen LogP contribution in [0, 0.1) is 6.92 Å². The van der Waals surface area contributed by atoms with Gasteiger partial charge in [0.25, 0.3) is 0 Å². The molecular weight excluding hydrogens is 236 g/mol. The topological polar surface area (TPSA) is 66.0 Å². The average Bonchev–Trinajstić information content (AvgIpc) is 2.80. The highest BCUT2D eigenvalue weighted by molar-refractivity contribution is 7.15. The zero-order chi connectivity index (χ0) is 12.6. The molecule has 0 fully saturated rings.